The lowest BCUT2D eigenvalue weighted by atomic mass is 9.99. The fourth-order valence-electron chi connectivity index (χ4n) is 1.80. The highest BCUT2D eigenvalue weighted by Crippen LogP contribution is 2.22. The first-order valence-electron chi connectivity index (χ1n) is 10.5. The van der Waals surface area contributed by atoms with Crippen LogP contribution in [0.15, 0.2) is 25.3 Å². The summed E-state index contributed by atoms with van der Waals surface area (Å²) in [5.74, 6) is -2.83. The van der Waals surface area contributed by atoms with Gasteiger partial charge in [-0.25, -0.2) is 14.6 Å². The highest BCUT2D eigenvalue weighted by Gasteiger charge is 2.34. The molecule has 0 heterocycles. The number of carbonyl (C=O) groups excluding carboxylic acids is 1. The summed E-state index contributed by atoms with van der Waals surface area (Å²) in [6, 6.07) is 0. The molecule has 0 aliphatic rings. The molecule has 0 aliphatic carbocycles. The lowest BCUT2D eigenvalue weighted by Crippen LogP contribution is -2.41. The molecule has 0 aromatic rings. The summed E-state index contributed by atoms with van der Waals surface area (Å²) >= 11 is 0. The van der Waals surface area contributed by atoms with Gasteiger partial charge < -0.3 is 18.9 Å². The fourth-order valence-corrected chi connectivity index (χ4v) is 1.80. The first kappa shape index (κ1) is 30.5. The van der Waals surface area contributed by atoms with E-state index < -0.39 is 30.3 Å². The average Bonchev–Trinajstić information content (AvgIpc) is 2.56. The van der Waals surface area contributed by atoms with Gasteiger partial charge in [0.1, 0.15) is 0 Å². The monoisotopic (exact) mass is 462 g/mol. The van der Waals surface area contributed by atoms with Crippen LogP contribution in [0.3, 0.4) is 0 Å². The normalized spacial score (nSPS) is 15.1. The highest BCUT2D eigenvalue weighted by molar-refractivity contribution is 5.60. The molecule has 0 bridgehead atoms. The van der Waals surface area contributed by atoms with Gasteiger partial charge in [-0.15, -0.1) is 0 Å². The maximum atomic E-state index is 12.3. The molecule has 0 saturated carbocycles. The van der Waals surface area contributed by atoms with Crippen molar-refractivity contribution in [2.75, 3.05) is 13.2 Å². The Morgan fingerprint density at radius 1 is 0.688 bits per heavy atom. The summed E-state index contributed by atoms with van der Waals surface area (Å²) in [5.41, 5.74) is -0.199. The van der Waals surface area contributed by atoms with Gasteiger partial charge in [-0.2, -0.15) is 9.78 Å². The van der Waals surface area contributed by atoms with E-state index in [1.54, 1.807) is 0 Å². The van der Waals surface area contributed by atoms with E-state index in [-0.39, 0.29) is 10.8 Å². The standard InChI is InChI=1S/C23H42O9/c1-13-17(31-25-15-20(3,4)5)27-22(9,10)29-19(24)30-23(11,12)28-18(14-2)32-26-16-21(6,7)8/h13-14,17-18H,1-2,15-16H2,3-12H3. The summed E-state index contributed by atoms with van der Waals surface area (Å²) in [5, 5.41) is 0. The van der Waals surface area contributed by atoms with E-state index in [0.717, 1.165) is 0 Å². The van der Waals surface area contributed by atoms with Gasteiger partial charge in [0, 0.05) is 27.7 Å². The molecule has 0 spiro atoms. The molecule has 0 radical (unpaired) electrons. The Hall–Kier alpha value is -1.49. The highest BCUT2D eigenvalue weighted by atomic mass is 17.2. The number of rotatable bonds is 14. The Kier molecular flexibility index (Phi) is 12.1. The maximum Gasteiger partial charge on any atom is 0.513 e. The third-order valence-corrected chi connectivity index (χ3v) is 3.15. The Balaban J connectivity index is 4.69. The van der Waals surface area contributed by atoms with Crippen LogP contribution in [-0.4, -0.2) is 43.5 Å². The zero-order valence-electron chi connectivity index (χ0n) is 21.3. The fraction of sp³-hybridized carbons (Fsp3) is 0.783. The zero-order valence-corrected chi connectivity index (χ0v) is 21.3. The summed E-state index contributed by atoms with van der Waals surface area (Å²) in [4.78, 5) is 33.0. The van der Waals surface area contributed by atoms with Gasteiger partial charge in [0.05, 0.1) is 13.2 Å². The Bertz CT molecular complexity index is 535. The molecule has 2 atom stereocenters. The van der Waals surface area contributed by atoms with Crippen LogP contribution in [0, 0.1) is 10.8 Å². The molecule has 0 rings (SSSR count). The van der Waals surface area contributed by atoms with Gasteiger partial charge in [0.15, 0.2) is 0 Å². The number of ether oxygens (including phenoxy) is 4. The summed E-state index contributed by atoms with van der Waals surface area (Å²) < 4.78 is 21.7. The van der Waals surface area contributed by atoms with Crippen molar-refractivity contribution in [1.29, 1.82) is 0 Å². The topological polar surface area (TPSA) is 90.9 Å². The van der Waals surface area contributed by atoms with Crippen LogP contribution in [0.1, 0.15) is 69.2 Å². The largest absolute Gasteiger partial charge is 0.513 e. The van der Waals surface area contributed by atoms with Gasteiger partial charge in [0.2, 0.25) is 24.2 Å². The van der Waals surface area contributed by atoms with Crippen LogP contribution in [0.25, 0.3) is 0 Å². The second-order valence-corrected chi connectivity index (χ2v) is 10.5. The molecule has 0 aromatic carbocycles. The molecule has 32 heavy (non-hydrogen) atoms. The second-order valence-electron chi connectivity index (χ2n) is 10.5. The van der Waals surface area contributed by atoms with Crippen molar-refractivity contribution in [1.82, 2.24) is 0 Å². The molecule has 0 saturated heterocycles. The van der Waals surface area contributed by atoms with Gasteiger partial charge in [-0.3, -0.25) is 0 Å². The predicted octanol–water partition coefficient (Wildman–Crippen LogP) is 5.66. The van der Waals surface area contributed by atoms with Crippen molar-refractivity contribution in [3.05, 3.63) is 25.3 Å². The van der Waals surface area contributed by atoms with Gasteiger partial charge in [-0.05, 0) is 23.0 Å². The quantitative estimate of drug-likeness (QED) is 0.107. The average molecular weight is 463 g/mol. The molecular weight excluding hydrogens is 420 g/mol. The minimum Gasteiger partial charge on any atom is -0.402 e. The molecule has 188 valence electrons. The van der Waals surface area contributed by atoms with E-state index in [4.69, 9.17) is 38.5 Å². The van der Waals surface area contributed by atoms with Crippen LogP contribution in [-0.2, 0) is 38.5 Å². The van der Waals surface area contributed by atoms with Gasteiger partial charge in [0.25, 0.3) is 0 Å². The van der Waals surface area contributed by atoms with Crippen LogP contribution >= 0.6 is 0 Å². The van der Waals surface area contributed by atoms with E-state index in [0.29, 0.717) is 13.2 Å². The molecule has 0 fully saturated rings. The molecule has 0 amide bonds. The summed E-state index contributed by atoms with van der Waals surface area (Å²) in [7, 11) is 0. The van der Waals surface area contributed by atoms with E-state index >= 15 is 0 Å². The van der Waals surface area contributed by atoms with E-state index in [1.807, 2.05) is 41.5 Å². The third-order valence-electron chi connectivity index (χ3n) is 3.15. The first-order valence-corrected chi connectivity index (χ1v) is 10.5. The van der Waals surface area contributed by atoms with Crippen LogP contribution < -0.4 is 0 Å². The minimum absolute atomic E-state index is 0.0993. The van der Waals surface area contributed by atoms with Crippen molar-refractivity contribution in [3.8, 4) is 0 Å². The Labute approximate surface area is 192 Å². The molecule has 0 aliphatic heterocycles. The lowest BCUT2D eigenvalue weighted by molar-refractivity contribution is -0.408. The summed E-state index contributed by atoms with van der Waals surface area (Å²) in [6.07, 6.45) is -0.228. The molecule has 2 unspecified atom stereocenters. The lowest BCUT2D eigenvalue weighted by Gasteiger charge is -2.32. The van der Waals surface area contributed by atoms with Crippen molar-refractivity contribution in [2.24, 2.45) is 10.8 Å². The van der Waals surface area contributed by atoms with Crippen LogP contribution in [0.2, 0.25) is 0 Å². The van der Waals surface area contributed by atoms with E-state index in [9.17, 15) is 4.79 Å². The number of carbonyl (C=O) groups is 1. The first-order chi connectivity index (χ1) is 14.4. The molecular formula is C23H42O9. The third kappa shape index (κ3) is 16.2. The Morgan fingerprint density at radius 2 is 1.00 bits per heavy atom. The number of hydrogen-bond acceptors (Lipinski definition) is 9. The minimum atomic E-state index is -1.42. The number of hydrogen-bond donors (Lipinski definition) is 0. The molecule has 9 heteroatoms. The maximum absolute atomic E-state index is 12.3. The molecule has 0 N–H and O–H groups in total. The molecule has 9 nitrogen and oxygen atoms in total. The van der Waals surface area contributed by atoms with Crippen LogP contribution in [0.5, 0.6) is 0 Å². The summed E-state index contributed by atoms with van der Waals surface area (Å²) in [6.45, 7) is 25.9. The Morgan fingerprint density at radius 3 is 1.25 bits per heavy atom. The molecule has 0 aromatic heterocycles. The van der Waals surface area contributed by atoms with Crippen molar-refractivity contribution in [3.63, 3.8) is 0 Å². The van der Waals surface area contributed by atoms with Crippen LogP contribution in [0.4, 0.5) is 4.79 Å². The van der Waals surface area contributed by atoms with Crippen molar-refractivity contribution in [2.45, 2.75) is 93.4 Å². The van der Waals surface area contributed by atoms with Crippen molar-refractivity contribution >= 4 is 6.16 Å². The second kappa shape index (κ2) is 12.7. The SMILES string of the molecule is C=CC(OOCC(C)(C)C)OC(C)(C)OC(=O)OC(C)(C)OC(C=C)OOCC(C)(C)C. The van der Waals surface area contributed by atoms with E-state index in [2.05, 4.69) is 13.2 Å². The predicted molar refractivity (Wildman–Crippen MR) is 119 cm³/mol. The smallest absolute Gasteiger partial charge is 0.402 e. The van der Waals surface area contributed by atoms with E-state index in [1.165, 1.54) is 39.8 Å². The zero-order chi connectivity index (χ0) is 25.2. The van der Waals surface area contributed by atoms with Gasteiger partial charge in [-0.1, -0.05) is 54.7 Å². The van der Waals surface area contributed by atoms with Crippen molar-refractivity contribution < 1.29 is 43.3 Å². The van der Waals surface area contributed by atoms with Gasteiger partial charge >= 0.3 is 6.16 Å².